The van der Waals surface area contributed by atoms with Gasteiger partial charge in [0, 0.05) is 18.3 Å². The Labute approximate surface area is 182 Å². The number of hydrogen-bond acceptors (Lipinski definition) is 5. The number of nitrogens with one attached hydrogen (secondary N) is 1. The van der Waals surface area contributed by atoms with Crippen LogP contribution in [0.15, 0.2) is 48.8 Å². The summed E-state index contributed by atoms with van der Waals surface area (Å²) >= 11 is 0. The molecule has 166 valence electrons. The fraction of sp³-hybridized carbons (Fsp3) is 0.261. The highest BCUT2D eigenvalue weighted by Crippen LogP contribution is 2.30. The zero-order chi connectivity index (χ0) is 22.7. The summed E-state index contributed by atoms with van der Waals surface area (Å²) in [6.07, 6.45) is 6.23. The third-order valence-corrected chi connectivity index (χ3v) is 5.32. The van der Waals surface area contributed by atoms with Crippen molar-refractivity contribution in [3.05, 3.63) is 71.9 Å². The molecule has 1 amide bonds. The van der Waals surface area contributed by atoms with Crippen LogP contribution in [0.4, 0.5) is 18.9 Å². The Morgan fingerprint density at radius 2 is 1.72 bits per heavy atom. The first-order chi connectivity index (χ1) is 15.4. The van der Waals surface area contributed by atoms with Crippen LogP contribution in [0.2, 0.25) is 0 Å². The van der Waals surface area contributed by atoms with E-state index in [9.17, 15) is 18.0 Å². The molecule has 6 nitrogen and oxygen atoms in total. The van der Waals surface area contributed by atoms with E-state index in [0.29, 0.717) is 11.4 Å². The Hall–Kier alpha value is -3.46. The van der Waals surface area contributed by atoms with Crippen LogP contribution in [0.5, 0.6) is 5.75 Å². The molecule has 2 aromatic heterocycles. The fourth-order valence-electron chi connectivity index (χ4n) is 3.62. The van der Waals surface area contributed by atoms with Gasteiger partial charge in [-0.15, -0.1) is 0 Å². The molecule has 0 atom stereocenters. The topological polar surface area (TPSA) is 90.1 Å². The third kappa shape index (κ3) is 4.72. The molecule has 1 fully saturated rings. The van der Waals surface area contributed by atoms with Crippen molar-refractivity contribution in [1.82, 2.24) is 9.97 Å². The second-order valence-electron chi connectivity index (χ2n) is 7.60. The molecule has 0 spiro atoms. The van der Waals surface area contributed by atoms with Crippen LogP contribution in [0.3, 0.4) is 0 Å². The lowest BCUT2D eigenvalue weighted by atomic mass is 9.94. The molecule has 1 aliphatic rings. The minimum Gasteiger partial charge on any atom is -0.488 e. The van der Waals surface area contributed by atoms with E-state index in [-0.39, 0.29) is 17.8 Å². The number of carbonyl (C=O) groups excluding carboxylic acids is 1. The highest BCUT2D eigenvalue weighted by Gasteiger charge is 2.23. The average Bonchev–Trinajstić information content (AvgIpc) is 2.77. The third-order valence-electron chi connectivity index (χ3n) is 5.32. The smallest absolute Gasteiger partial charge is 0.274 e. The van der Waals surface area contributed by atoms with Gasteiger partial charge in [0.25, 0.3) is 5.91 Å². The van der Waals surface area contributed by atoms with Gasteiger partial charge in [0.2, 0.25) is 0 Å². The highest BCUT2D eigenvalue weighted by molar-refractivity contribution is 6.03. The lowest BCUT2D eigenvalue weighted by Gasteiger charge is -2.27. The number of carbonyl (C=O) groups is 1. The van der Waals surface area contributed by atoms with Gasteiger partial charge in [0.05, 0.1) is 17.9 Å². The molecule has 0 saturated heterocycles. The van der Waals surface area contributed by atoms with Gasteiger partial charge < -0.3 is 15.8 Å². The Bertz CT molecular complexity index is 1110. The molecule has 0 aliphatic heterocycles. The zero-order valence-corrected chi connectivity index (χ0v) is 17.0. The predicted molar refractivity (Wildman–Crippen MR) is 113 cm³/mol. The molecule has 0 bridgehead atoms. The van der Waals surface area contributed by atoms with E-state index < -0.39 is 34.6 Å². The molecule has 1 aromatic carbocycles. The predicted octanol–water partition coefficient (Wildman–Crippen LogP) is 4.46. The number of nitrogens with two attached hydrogens (primary N) is 1. The number of halogens is 3. The fourth-order valence-corrected chi connectivity index (χ4v) is 3.62. The molecule has 1 saturated carbocycles. The lowest BCUT2D eigenvalue weighted by molar-refractivity contribution is 0.102. The van der Waals surface area contributed by atoms with Gasteiger partial charge in [-0.25, -0.2) is 18.2 Å². The molecule has 3 N–H and O–H groups in total. The van der Waals surface area contributed by atoms with Gasteiger partial charge in [-0.2, -0.15) is 0 Å². The van der Waals surface area contributed by atoms with Crippen molar-refractivity contribution in [2.45, 2.75) is 37.8 Å². The lowest BCUT2D eigenvalue weighted by Crippen LogP contribution is -2.31. The number of benzene rings is 1. The monoisotopic (exact) mass is 442 g/mol. The summed E-state index contributed by atoms with van der Waals surface area (Å²) in [5.41, 5.74) is 4.79. The van der Waals surface area contributed by atoms with Gasteiger partial charge in [-0.3, -0.25) is 9.78 Å². The van der Waals surface area contributed by atoms with Crippen LogP contribution < -0.4 is 15.8 Å². The van der Waals surface area contributed by atoms with Crippen LogP contribution >= 0.6 is 0 Å². The van der Waals surface area contributed by atoms with Crippen molar-refractivity contribution in [3.63, 3.8) is 0 Å². The maximum atomic E-state index is 14.3. The van der Waals surface area contributed by atoms with E-state index in [1.807, 2.05) is 0 Å². The van der Waals surface area contributed by atoms with E-state index in [4.69, 9.17) is 10.5 Å². The molecule has 0 radical (unpaired) electrons. The van der Waals surface area contributed by atoms with Gasteiger partial charge in [0.1, 0.15) is 40.3 Å². The SMILES string of the molecule is NC1CCC(Oc2ccncc2NC(=O)c2ccc(F)c(-c3c(F)cccc3F)n2)CC1. The summed E-state index contributed by atoms with van der Waals surface area (Å²) in [5.74, 6) is -3.19. The minimum absolute atomic E-state index is 0.0348. The number of rotatable bonds is 5. The quantitative estimate of drug-likeness (QED) is 0.609. The summed E-state index contributed by atoms with van der Waals surface area (Å²) < 4.78 is 48.5. The molecule has 2 heterocycles. The summed E-state index contributed by atoms with van der Waals surface area (Å²) in [4.78, 5) is 20.7. The minimum atomic E-state index is -0.982. The molecular weight excluding hydrogens is 421 g/mol. The van der Waals surface area contributed by atoms with E-state index in [2.05, 4.69) is 15.3 Å². The average molecular weight is 442 g/mol. The van der Waals surface area contributed by atoms with Gasteiger partial charge in [-0.05, 0) is 49.9 Å². The summed E-state index contributed by atoms with van der Waals surface area (Å²) in [6, 6.07) is 7.01. The first kappa shape index (κ1) is 21.8. The van der Waals surface area contributed by atoms with E-state index in [1.165, 1.54) is 12.4 Å². The van der Waals surface area contributed by atoms with Crippen LogP contribution in [-0.2, 0) is 0 Å². The number of ether oxygens (including phenoxy) is 1. The van der Waals surface area contributed by atoms with Gasteiger partial charge in [0.15, 0.2) is 0 Å². The number of anilines is 1. The van der Waals surface area contributed by atoms with Crippen molar-refractivity contribution in [2.24, 2.45) is 5.73 Å². The largest absolute Gasteiger partial charge is 0.488 e. The summed E-state index contributed by atoms with van der Waals surface area (Å²) in [6.45, 7) is 0. The molecule has 4 rings (SSSR count). The van der Waals surface area contributed by atoms with Gasteiger partial charge >= 0.3 is 0 Å². The van der Waals surface area contributed by atoms with Crippen LogP contribution in [-0.4, -0.2) is 28.0 Å². The van der Waals surface area contributed by atoms with Crippen LogP contribution in [0, 0.1) is 17.5 Å². The summed E-state index contributed by atoms with van der Waals surface area (Å²) in [5, 5.41) is 2.63. The first-order valence-electron chi connectivity index (χ1n) is 10.2. The van der Waals surface area contributed by atoms with E-state index in [0.717, 1.165) is 56.0 Å². The maximum Gasteiger partial charge on any atom is 0.274 e. The van der Waals surface area contributed by atoms with Gasteiger partial charge in [-0.1, -0.05) is 6.07 Å². The van der Waals surface area contributed by atoms with Crippen LogP contribution in [0.25, 0.3) is 11.3 Å². The van der Waals surface area contributed by atoms with Crippen molar-refractivity contribution in [1.29, 1.82) is 0 Å². The van der Waals surface area contributed by atoms with E-state index in [1.54, 1.807) is 6.07 Å². The maximum absolute atomic E-state index is 14.3. The number of pyridine rings is 2. The second-order valence-corrected chi connectivity index (χ2v) is 7.60. The number of hydrogen-bond donors (Lipinski definition) is 2. The van der Waals surface area contributed by atoms with Crippen molar-refractivity contribution in [2.75, 3.05) is 5.32 Å². The number of nitrogens with zero attached hydrogens (tertiary/aromatic N) is 2. The molecular formula is C23H21F3N4O2. The highest BCUT2D eigenvalue weighted by atomic mass is 19.1. The standard InChI is InChI=1S/C23H21F3N4O2/c24-15-2-1-3-16(25)21(15)22-17(26)8-9-18(29-22)23(31)30-19-12-28-11-10-20(19)32-14-6-4-13(27)5-7-14/h1-3,8-14H,4-7,27H2,(H,30,31). The molecule has 3 aromatic rings. The molecule has 0 unspecified atom stereocenters. The number of amides is 1. The second kappa shape index (κ2) is 9.35. The first-order valence-corrected chi connectivity index (χ1v) is 10.2. The zero-order valence-electron chi connectivity index (χ0n) is 17.0. The Morgan fingerprint density at radius 1 is 1.00 bits per heavy atom. The van der Waals surface area contributed by atoms with Crippen molar-refractivity contribution in [3.8, 4) is 17.0 Å². The molecule has 9 heteroatoms. The molecule has 32 heavy (non-hydrogen) atoms. The Kier molecular flexibility index (Phi) is 6.36. The Morgan fingerprint density at radius 3 is 2.44 bits per heavy atom. The normalized spacial score (nSPS) is 18.2. The summed E-state index contributed by atoms with van der Waals surface area (Å²) in [7, 11) is 0. The van der Waals surface area contributed by atoms with Crippen LogP contribution in [0.1, 0.15) is 36.2 Å². The molecule has 1 aliphatic carbocycles. The number of aromatic nitrogens is 2. The Balaban J connectivity index is 1.57. The van der Waals surface area contributed by atoms with E-state index >= 15 is 0 Å². The van der Waals surface area contributed by atoms with Crippen molar-refractivity contribution < 1.29 is 22.7 Å². The van der Waals surface area contributed by atoms with Crippen molar-refractivity contribution >= 4 is 11.6 Å².